The van der Waals surface area contributed by atoms with Crippen LogP contribution in [-0.2, 0) is 0 Å². The number of rotatable bonds is 5. The molecule has 2 unspecified atom stereocenters. The van der Waals surface area contributed by atoms with Gasteiger partial charge >= 0.3 is 0 Å². The van der Waals surface area contributed by atoms with Crippen molar-refractivity contribution in [3.05, 3.63) is 0 Å². The van der Waals surface area contributed by atoms with Crippen LogP contribution in [0.5, 0.6) is 0 Å². The van der Waals surface area contributed by atoms with E-state index in [1.807, 2.05) is 0 Å². The van der Waals surface area contributed by atoms with Crippen molar-refractivity contribution in [2.24, 2.45) is 0 Å². The molecule has 1 nitrogen and oxygen atoms in total. The van der Waals surface area contributed by atoms with Crippen molar-refractivity contribution in [1.82, 2.24) is 5.32 Å². The van der Waals surface area contributed by atoms with Crippen LogP contribution in [-0.4, -0.2) is 23.6 Å². The van der Waals surface area contributed by atoms with Gasteiger partial charge in [-0.15, -0.1) is 0 Å². The number of thioether (sulfide) groups is 1. The smallest absolute Gasteiger partial charge is 0.0285 e. The van der Waals surface area contributed by atoms with Gasteiger partial charge in [-0.05, 0) is 39.0 Å². The lowest BCUT2D eigenvalue weighted by atomic mass is 9.92. The highest BCUT2D eigenvalue weighted by Crippen LogP contribution is 2.41. The molecule has 0 radical (unpaired) electrons. The maximum absolute atomic E-state index is 3.50. The summed E-state index contributed by atoms with van der Waals surface area (Å²) in [6.45, 7) is 4.71. The number of nitrogens with one attached hydrogen (secondary N) is 1. The van der Waals surface area contributed by atoms with Gasteiger partial charge in [0.25, 0.3) is 0 Å². The van der Waals surface area contributed by atoms with E-state index < -0.39 is 0 Å². The van der Waals surface area contributed by atoms with Gasteiger partial charge in [0.05, 0.1) is 0 Å². The molecule has 0 aromatic heterocycles. The quantitative estimate of drug-likeness (QED) is 0.734. The Labute approximate surface area is 87.1 Å². The highest BCUT2D eigenvalue weighted by atomic mass is 32.2. The molecule has 0 aromatic rings. The summed E-state index contributed by atoms with van der Waals surface area (Å²) in [5.41, 5.74) is 0. The molecule has 1 rings (SSSR count). The third-order valence-corrected chi connectivity index (χ3v) is 4.82. The molecule has 1 fully saturated rings. The van der Waals surface area contributed by atoms with E-state index in [-0.39, 0.29) is 0 Å². The summed E-state index contributed by atoms with van der Waals surface area (Å²) in [5.74, 6) is 1.36. The third-order valence-electron chi connectivity index (χ3n) is 3.18. The molecular weight excluding hydrogens is 178 g/mol. The van der Waals surface area contributed by atoms with Gasteiger partial charge in [0.15, 0.2) is 0 Å². The normalized spacial score (nSPS) is 30.7. The van der Waals surface area contributed by atoms with Crippen molar-refractivity contribution in [2.45, 2.75) is 56.7 Å². The van der Waals surface area contributed by atoms with E-state index in [1.54, 1.807) is 0 Å². The molecule has 0 spiro atoms. The molecule has 0 amide bonds. The lowest BCUT2D eigenvalue weighted by molar-refractivity contribution is 0.394. The fourth-order valence-corrected chi connectivity index (χ4v) is 3.72. The summed E-state index contributed by atoms with van der Waals surface area (Å²) < 4.78 is 0.518. The van der Waals surface area contributed by atoms with Gasteiger partial charge in [-0.1, -0.05) is 19.8 Å². The van der Waals surface area contributed by atoms with Gasteiger partial charge in [0.1, 0.15) is 0 Å². The van der Waals surface area contributed by atoms with E-state index in [4.69, 9.17) is 0 Å². The number of hydrogen-bond acceptors (Lipinski definition) is 2. The SMILES string of the molecule is CCCCC(NC)C1(C)CCCS1. The van der Waals surface area contributed by atoms with Gasteiger partial charge in [0, 0.05) is 10.8 Å². The highest BCUT2D eigenvalue weighted by molar-refractivity contribution is 8.00. The zero-order valence-corrected chi connectivity index (χ0v) is 10.0. The van der Waals surface area contributed by atoms with Crippen LogP contribution in [0, 0.1) is 0 Å². The Morgan fingerprint density at radius 2 is 2.31 bits per heavy atom. The van der Waals surface area contributed by atoms with E-state index in [0.717, 1.165) is 6.04 Å². The predicted octanol–water partition coefficient (Wildman–Crippen LogP) is 3.05. The molecule has 78 valence electrons. The van der Waals surface area contributed by atoms with Gasteiger partial charge in [0.2, 0.25) is 0 Å². The predicted molar refractivity (Wildman–Crippen MR) is 62.5 cm³/mol. The molecule has 0 bridgehead atoms. The van der Waals surface area contributed by atoms with Crippen LogP contribution in [0.4, 0.5) is 0 Å². The van der Waals surface area contributed by atoms with Crippen LogP contribution >= 0.6 is 11.8 Å². The molecule has 1 N–H and O–H groups in total. The Balaban J connectivity index is 2.43. The Hall–Kier alpha value is 0.310. The fourth-order valence-electron chi connectivity index (χ4n) is 2.24. The Morgan fingerprint density at radius 3 is 2.77 bits per heavy atom. The first-order valence-electron chi connectivity index (χ1n) is 5.54. The molecule has 0 aromatic carbocycles. The average molecular weight is 201 g/mol. The fraction of sp³-hybridized carbons (Fsp3) is 1.00. The van der Waals surface area contributed by atoms with Gasteiger partial charge < -0.3 is 5.32 Å². The standard InChI is InChI=1S/C11H23NS/c1-4-5-7-10(12-3)11(2)8-6-9-13-11/h10,12H,4-9H2,1-3H3. The van der Waals surface area contributed by atoms with Gasteiger partial charge in [-0.2, -0.15) is 11.8 Å². The topological polar surface area (TPSA) is 12.0 Å². The van der Waals surface area contributed by atoms with Crippen LogP contribution in [0.3, 0.4) is 0 Å². The highest BCUT2D eigenvalue weighted by Gasteiger charge is 2.36. The van der Waals surface area contributed by atoms with Crippen molar-refractivity contribution < 1.29 is 0 Å². The zero-order chi connectivity index (χ0) is 9.73. The molecule has 0 saturated carbocycles. The van der Waals surface area contributed by atoms with Crippen molar-refractivity contribution in [1.29, 1.82) is 0 Å². The Kier molecular flexibility index (Phi) is 4.60. The maximum Gasteiger partial charge on any atom is 0.0285 e. The molecule has 2 heteroatoms. The maximum atomic E-state index is 3.50. The molecule has 2 atom stereocenters. The summed E-state index contributed by atoms with van der Waals surface area (Å²) in [7, 11) is 2.12. The lowest BCUT2D eigenvalue weighted by Crippen LogP contribution is -2.43. The van der Waals surface area contributed by atoms with E-state index in [9.17, 15) is 0 Å². The summed E-state index contributed by atoms with van der Waals surface area (Å²) in [6.07, 6.45) is 6.83. The molecule has 1 saturated heterocycles. The van der Waals surface area contributed by atoms with Gasteiger partial charge in [-0.25, -0.2) is 0 Å². The van der Waals surface area contributed by atoms with Crippen LogP contribution in [0.1, 0.15) is 46.0 Å². The molecular formula is C11H23NS. The third kappa shape index (κ3) is 2.88. The second kappa shape index (κ2) is 5.26. The summed E-state index contributed by atoms with van der Waals surface area (Å²) in [6, 6.07) is 0.722. The largest absolute Gasteiger partial charge is 0.316 e. The number of unbranched alkanes of at least 4 members (excludes halogenated alkanes) is 1. The molecule has 13 heavy (non-hydrogen) atoms. The zero-order valence-electron chi connectivity index (χ0n) is 9.23. The van der Waals surface area contributed by atoms with E-state index >= 15 is 0 Å². The molecule has 1 aliphatic heterocycles. The van der Waals surface area contributed by atoms with Crippen molar-refractivity contribution in [3.8, 4) is 0 Å². The van der Waals surface area contributed by atoms with E-state index in [1.165, 1.54) is 37.9 Å². The summed E-state index contributed by atoms with van der Waals surface area (Å²) in [4.78, 5) is 0. The Morgan fingerprint density at radius 1 is 1.54 bits per heavy atom. The average Bonchev–Trinajstić information content (AvgIpc) is 2.54. The Bertz CT molecular complexity index is 141. The first-order valence-corrected chi connectivity index (χ1v) is 6.52. The van der Waals surface area contributed by atoms with Gasteiger partial charge in [-0.3, -0.25) is 0 Å². The lowest BCUT2D eigenvalue weighted by Gasteiger charge is -2.33. The first kappa shape index (κ1) is 11.4. The minimum absolute atomic E-state index is 0.518. The minimum Gasteiger partial charge on any atom is -0.316 e. The number of hydrogen-bond donors (Lipinski definition) is 1. The first-order chi connectivity index (χ1) is 6.23. The van der Waals surface area contributed by atoms with Crippen LogP contribution < -0.4 is 5.32 Å². The van der Waals surface area contributed by atoms with Crippen LogP contribution in [0.2, 0.25) is 0 Å². The second-order valence-corrected chi connectivity index (χ2v) is 5.88. The van der Waals surface area contributed by atoms with Crippen LogP contribution in [0.15, 0.2) is 0 Å². The van der Waals surface area contributed by atoms with E-state index in [0.29, 0.717) is 4.75 Å². The second-order valence-electron chi connectivity index (χ2n) is 4.25. The summed E-state index contributed by atoms with van der Waals surface area (Å²) >= 11 is 2.17. The van der Waals surface area contributed by atoms with Crippen molar-refractivity contribution >= 4 is 11.8 Å². The van der Waals surface area contributed by atoms with Crippen LogP contribution in [0.25, 0.3) is 0 Å². The monoisotopic (exact) mass is 201 g/mol. The van der Waals surface area contributed by atoms with Crippen molar-refractivity contribution in [3.63, 3.8) is 0 Å². The molecule has 1 aliphatic rings. The van der Waals surface area contributed by atoms with E-state index in [2.05, 4.69) is 38.0 Å². The minimum atomic E-state index is 0.518. The van der Waals surface area contributed by atoms with Crippen molar-refractivity contribution in [2.75, 3.05) is 12.8 Å². The molecule has 1 heterocycles. The molecule has 0 aliphatic carbocycles. The summed E-state index contributed by atoms with van der Waals surface area (Å²) in [5, 5.41) is 3.50.